The van der Waals surface area contributed by atoms with Gasteiger partial charge in [0.1, 0.15) is 11.5 Å². The van der Waals surface area contributed by atoms with Crippen molar-refractivity contribution in [2.24, 2.45) is 5.73 Å². The lowest BCUT2D eigenvalue weighted by Gasteiger charge is -1.97. The summed E-state index contributed by atoms with van der Waals surface area (Å²) in [4.78, 5) is 11.4. The number of fused-ring (bicyclic) bond motifs is 1. The monoisotopic (exact) mass is 254 g/mol. The van der Waals surface area contributed by atoms with Crippen molar-refractivity contribution in [2.75, 3.05) is 0 Å². The van der Waals surface area contributed by atoms with Crippen molar-refractivity contribution in [3.8, 4) is 11.3 Å². The quantitative estimate of drug-likeness (QED) is 0.725. The molecular formula is C14H9FN3O. The van der Waals surface area contributed by atoms with E-state index in [9.17, 15) is 9.18 Å². The molecule has 0 saturated carbocycles. The van der Waals surface area contributed by atoms with Crippen LogP contribution in [0.15, 0.2) is 42.5 Å². The summed E-state index contributed by atoms with van der Waals surface area (Å²) in [5.74, 6) is -0.325. The molecule has 0 aliphatic carbocycles. The number of nitrogens with two attached hydrogens (primary N) is 1. The fourth-order valence-electron chi connectivity index (χ4n) is 1.99. The first-order valence-electron chi connectivity index (χ1n) is 5.61. The Labute approximate surface area is 108 Å². The second kappa shape index (κ2) is 4.20. The summed E-state index contributed by atoms with van der Waals surface area (Å²) in [6.07, 6.45) is 0. The van der Waals surface area contributed by atoms with Crippen LogP contribution in [0.25, 0.3) is 22.2 Å². The molecule has 5 heteroatoms. The number of hydrogen-bond donors (Lipinski definition) is 1. The molecule has 0 aliphatic rings. The van der Waals surface area contributed by atoms with Crippen LogP contribution in [0.4, 0.5) is 9.18 Å². The lowest BCUT2D eigenvalue weighted by Crippen LogP contribution is -2.20. The molecule has 0 unspecified atom stereocenters. The zero-order valence-corrected chi connectivity index (χ0v) is 9.80. The maximum absolute atomic E-state index is 12.9. The summed E-state index contributed by atoms with van der Waals surface area (Å²) in [5, 5.41) is 4.93. The number of halogens is 1. The van der Waals surface area contributed by atoms with Gasteiger partial charge in [-0.25, -0.2) is 9.18 Å². The summed E-state index contributed by atoms with van der Waals surface area (Å²) in [6, 6.07) is 13.3. The molecule has 0 bridgehead atoms. The van der Waals surface area contributed by atoms with Crippen molar-refractivity contribution in [1.82, 2.24) is 9.78 Å². The Morgan fingerprint density at radius 3 is 2.68 bits per heavy atom. The van der Waals surface area contributed by atoms with Crippen LogP contribution in [0.2, 0.25) is 0 Å². The Balaban J connectivity index is 2.29. The first-order valence-corrected chi connectivity index (χ1v) is 5.61. The van der Waals surface area contributed by atoms with Gasteiger partial charge in [-0.3, -0.25) is 0 Å². The van der Waals surface area contributed by atoms with E-state index in [0.717, 1.165) is 10.1 Å². The molecule has 19 heavy (non-hydrogen) atoms. The number of aromatic nitrogens is 2. The number of carbonyl (C=O) groups excluding carboxylic acids is 1. The van der Waals surface area contributed by atoms with Crippen molar-refractivity contribution in [1.29, 1.82) is 0 Å². The molecule has 2 N–H and O–H groups in total. The standard InChI is InChI=1S/C14H9FN3O/c15-10-7-5-9(6-8-10)13-11-3-1-2-4-12(11)18(17-13)14(16)19/h2-8H,(H2,16,19)/i18+0. The molecule has 4 nitrogen and oxygen atoms in total. The van der Waals surface area contributed by atoms with Gasteiger partial charge in [-0.15, -0.1) is 0 Å². The van der Waals surface area contributed by atoms with Crippen molar-refractivity contribution in [3.05, 3.63) is 54.3 Å². The van der Waals surface area contributed by atoms with Crippen LogP contribution < -0.4 is 5.73 Å². The van der Waals surface area contributed by atoms with E-state index in [1.54, 1.807) is 30.3 Å². The largest absolute Gasteiger partial charge is 0.350 e. The zero-order valence-electron chi connectivity index (χ0n) is 9.80. The molecule has 1 radical (unpaired) electrons. The highest BCUT2D eigenvalue weighted by Gasteiger charge is 2.14. The van der Waals surface area contributed by atoms with E-state index in [1.807, 2.05) is 0 Å². The second-order valence-electron chi connectivity index (χ2n) is 4.05. The van der Waals surface area contributed by atoms with Crippen molar-refractivity contribution in [3.63, 3.8) is 0 Å². The maximum Gasteiger partial charge on any atom is 0.340 e. The average molecular weight is 254 g/mol. The minimum Gasteiger partial charge on any atom is -0.350 e. The van der Waals surface area contributed by atoms with Crippen LogP contribution >= 0.6 is 0 Å². The van der Waals surface area contributed by atoms with Crippen LogP contribution in [-0.2, 0) is 0 Å². The highest BCUT2D eigenvalue weighted by Crippen LogP contribution is 2.27. The minimum atomic E-state index is -0.662. The molecule has 0 saturated heterocycles. The van der Waals surface area contributed by atoms with E-state index >= 15 is 0 Å². The molecule has 3 rings (SSSR count). The molecule has 2 aromatic carbocycles. The third kappa shape index (κ3) is 1.85. The Morgan fingerprint density at radius 2 is 2.00 bits per heavy atom. The van der Waals surface area contributed by atoms with Crippen molar-refractivity contribution >= 4 is 16.9 Å². The minimum absolute atomic E-state index is 0.325. The van der Waals surface area contributed by atoms with Gasteiger partial charge < -0.3 is 5.73 Å². The molecule has 1 amide bonds. The van der Waals surface area contributed by atoms with Crippen LogP contribution in [0.5, 0.6) is 0 Å². The van der Waals surface area contributed by atoms with Crippen molar-refractivity contribution in [2.45, 2.75) is 0 Å². The van der Waals surface area contributed by atoms with Gasteiger partial charge in [-0.05, 0) is 42.5 Å². The van der Waals surface area contributed by atoms with E-state index in [0.29, 0.717) is 16.8 Å². The first kappa shape index (κ1) is 11.4. The highest BCUT2D eigenvalue weighted by molar-refractivity contribution is 5.98. The molecule has 1 heterocycles. The van der Waals surface area contributed by atoms with E-state index in [2.05, 4.69) is 11.2 Å². The molecular weight excluding hydrogens is 245 g/mol. The lowest BCUT2D eigenvalue weighted by atomic mass is 10.1. The summed E-state index contributed by atoms with van der Waals surface area (Å²) >= 11 is 0. The van der Waals surface area contributed by atoms with Gasteiger partial charge in [-0.1, -0.05) is 6.07 Å². The van der Waals surface area contributed by atoms with Gasteiger partial charge in [0.25, 0.3) is 0 Å². The van der Waals surface area contributed by atoms with Crippen molar-refractivity contribution < 1.29 is 9.18 Å². The number of carbonyl (C=O) groups is 1. The summed E-state index contributed by atoms with van der Waals surface area (Å²) in [6.45, 7) is 0. The predicted molar refractivity (Wildman–Crippen MR) is 68.9 cm³/mol. The predicted octanol–water partition coefficient (Wildman–Crippen LogP) is 2.57. The number of primary amides is 1. The van der Waals surface area contributed by atoms with E-state index in [4.69, 9.17) is 5.73 Å². The normalized spacial score (nSPS) is 10.8. The Hall–Kier alpha value is -2.69. The molecule has 93 valence electrons. The maximum atomic E-state index is 12.9. The average Bonchev–Trinajstić information content (AvgIpc) is 2.79. The second-order valence-corrected chi connectivity index (χ2v) is 4.05. The summed E-state index contributed by atoms with van der Waals surface area (Å²) in [5.41, 5.74) is 7.18. The number of benzene rings is 2. The van der Waals surface area contributed by atoms with Gasteiger partial charge >= 0.3 is 6.03 Å². The third-order valence-electron chi connectivity index (χ3n) is 2.85. The van der Waals surface area contributed by atoms with Gasteiger partial charge in [0.2, 0.25) is 0 Å². The SMILES string of the molecule is NC(=O)[14n]1nc(-c2ccc(F)cc2)c2c[c]ccc21. The number of amides is 1. The molecule has 0 aliphatic heterocycles. The topological polar surface area (TPSA) is 60.9 Å². The highest BCUT2D eigenvalue weighted by atomic mass is 19.1. The van der Waals surface area contributed by atoms with Crippen LogP contribution in [0.1, 0.15) is 0 Å². The molecule has 1 aromatic heterocycles. The summed E-state index contributed by atoms with van der Waals surface area (Å²) in [7, 11) is 0. The zero-order chi connectivity index (χ0) is 13.4. The number of nitrogens with zero attached hydrogens (tertiary/aromatic N) is 2. The lowest BCUT2D eigenvalue weighted by molar-refractivity contribution is 0.248. The fourth-order valence-corrected chi connectivity index (χ4v) is 1.99. The fraction of sp³-hybridized carbons (Fsp3) is 0. The molecule has 0 spiro atoms. The van der Waals surface area contributed by atoms with Gasteiger partial charge in [0, 0.05) is 10.9 Å². The Bertz CT molecular complexity index is 762. The Morgan fingerprint density at radius 1 is 1.26 bits per heavy atom. The third-order valence-corrected chi connectivity index (χ3v) is 2.85. The molecule has 3 aromatic rings. The number of rotatable bonds is 1. The van der Waals surface area contributed by atoms with Crippen LogP contribution in [0, 0.1) is 11.9 Å². The molecule has 0 atom stereocenters. The summed E-state index contributed by atoms with van der Waals surface area (Å²) < 4.78 is 14.1. The van der Waals surface area contributed by atoms with E-state index in [1.165, 1.54) is 12.1 Å². The molecule has 0 fully saturated rings. The van der Waals surface area contributed by atoms with Gasteiger partial charge in [0.05, 0.1) is 5.52 Å². The van der Waals surface area contributed by atoms with Gasteiger partial charge in [0.15, 0.2) is 0 Å². The van der Waals surface area contributed by atoms with Gasteiger partial charge in [-0.2, -0.15) is 9.78 Å². The van der Waals surface area contributed by atoms with Crippen LogP contribution in [-0.4, -0.2) is 15.8 Å². The van der Waals surface area contributed by atoms with E-state index in [-0.39, 0.29) is 5.82 Å². The van der Waals surface area contributed by atoms with E-state index < -0.39 is 6.03 Å². The smallest absolute Gasteiger partial charge is 0.340 e. The first-order chi connectivity index (χ1) is 9.16. The Kier molecular flexibility index (Phi) is 2.52. The number of hydrogen-bond acceptors (Lipinski definition) is 2. The van der Waals surface area contributed by atoms with Crippen LogP contribution in [0.3, 0.4) is 0 Å².